The Morgan fingerprint density at radius 1 is 1.30 bits per heavy atom. The Labute approximate surface area is 192 Å². The maximum Gasteiger partial charge on any atom is 0.227 e. The lowest BCUT2D eigenvalue weighted by atomic mass is 10.2. The van der Waals surface area contributed by atoms with Gasteiger partial charge in [0.25, 0.3) is 0 Å². The normalized spacial score (nSPS) is 11.7. The number of nitrogens with zero attached hydrogens (tertiary/aromatic N) is 6. The number of sulfonamides is 1. The Morgan fingerprint density at radius 3 is 2.70 bits per heavy atom. The molecule has 0 radical (unpaired) electrons. The van der Waals surface area contributed by atoms with Crippen molar-refractivity contribution in [1.82, 2.24) is 24.7 Å². The number of pyridine rings is 1. The molecule has 0 bridgehead atoms. The Balaban J connectivity index is 2.23. The van der Waals surface area contributed by atoms with E-state index in [-0.39, 0.29) is 11.2 Å². The molecule has 0 saturated heterocycles. The van der Waals surface area contributed by atoms with Crippen molar-refractivity contribution in [3.8, 4) is 0 Å². The first kappa shape index (κ1) is 24.5. The first-order valence-electron chi connectivity index (χ1n) is 10.4. The molecule has 0 fully saturated rings. The van der Waals surface area contributed by atoms with Gasteiger partial charge in [0.05, 0.1) is 13.2 Å². The number of rotatable bonds is 11. The molecule has 0 unspecified atom stereocenters. The van der Waals surface area contributed by atoms with Gasteiger partial charge in [-0.1, -0.05) is 0 Å². The molecule has 0 aliphatic heterocycles. The van der Waals surface area contributed by atoms with Crippen LogP contribution in [0.2, 0.25) is 0 Å². The lowest BCUT2D eigenvalue weighted by Crippen LogP contribution is -2.24. The predicted molar refractivity (Wildman–Crippen MR) is 125 cm³/mol. The number of carbonyl (C=O) groups excluding carboxylic acids is 1. The van der Waals surface area contributed by atoms with Crippen molar-refractivity contribution in [3.63, 3.8) is 0 Å². The standard InChI is InChI=1S/C20H28N8O4S/c1-5-27(4)20-24-17-16(14(29)12-33(21,30)31)26-28(9-10-32-6-2)18(17)19(25-20)23-15-11-13(3)7-8-22-15/h7-8,11H,5-6,9-10,12H2,1-4H3,(H2,21,30,31)(H,22,23,24,25). The van der Waals surface area contributed by atoms with Gasteiger partial charge >= 0.3 is 0 Å². The second kappa shape index (κ2) is 10.2. The van der Waals surface area contributed by atoms with Gasteiger partial charge in [-0.25, -0.2) is 23.5 Å². The zero-order chi connectivity index (χ0) is 24.2. The Morgan fingerprint density at radius 2 is 2.06 bits per heavy atom. The van der Waals surface area contributed by atoms with Gasteiger partial charge in [-0.15, -0.1) is 0 Å². The average Bonchev–Trinajstić information content (AvgIpc) is 3.11. The number of ketones is 1. The zero-order valence-electron chi connectivity index (χ0n) is 19.1. The fourth-order valence-electron chi connectivity index (χ4n) is 3.09. The Bertz CT molecular complexity index is 1260. The third-order valence-electron chi connectivity index (χ3n) is 4.80. The van der Waals surface area contributed by atoms with Crippen LogP contribution >= 0.6 is 0 Å². The summed E-state index contributed by atoms with van der Waals surface area (Å²) in [7, 11) is -2.24. The van der Waals surface area contributed by atoms with Crippen molar-refractivity contribution < 1.29 is 17.9 Å². The summed E-state index contributed by atoms with van der Waals surface area (Å²) in [6.45, 7) is 7.48. The first-order valence-corrected chi connectivity index (χ1v) is 12.1. The molecular weight excluding hydrogens is 448 g/mol. The van der Waals surface area contributed by atoms with Crippen molar-refractivity contribution in [2.24, 2.45) is 5.14 Å². The van der Waals surface area contributed by atoms with Crippen LogP contribution in [0.5, 0.6) is 0 Å². The minimum atomic E-state index is -4.05. The fourth-order valence-corrected chi connectivity index (χ4v) is 3.59. The largest absolute Gasteiger partial charge is 0.380 e. The van der Waals surface area contributed by atoms with Gasteiger partial charge in [0, 0.05) is 26.4 Å². The number of Topliss-reactive ketones (excluding diaryl/α,β-unsaturated/α-hetero) is 1. The van der Waals surface area contributed by atoms with E-state index in [0.717, 1.165) is 5.56 Å². The quantitative estimate of drug-likeness (QED) is 0.304. The van der Waals surface area contributed by atoms with E-state index in [1.165, 1.54) is 4.68 Å². The molecule has 3 rings (SSSR count). The SMILES string of the molecule is CCOCCn1nc(C(=O)CS(N)(=O)=O)c2nc(N(C)CC)nc(Nc3cc(C)ccn3)c21. The summed E-state index contributed by atoms with van der Waals surface area (Å²) in [4.78, 5) is 28.1. The minimum Gasteiger partial charge on any atom is -0.380 e. The number of hydrogen-bond acceptors (Lipinski definition) is 10. The molecule has 3 aromatic heterocycles. The lowest BCUT2D eigenvalue weighted by Gasteiger charge is -2.17. The number of ether oxygens (including phenoxy) is 1. The summed E-state index contributed by atoms with van der Waals surface area (Å²) >= 11 is 0. The second-order valence-electron chi connectivity index (χ2n) is 7.43. The second-order valence-corrected chi connectivity index (χ2v) is 9.04. The lowest BCUT2D eigenvalue weighted by molar-refractivity contribution is 0.101. The summed E-state index contributed by atoms with van der Waals surface area (Å²) in [5, 5.41) is 12.7. The number of aromatic nitrogens is 5. The molecule has 12 nitrogen and oxygen atoms in total. The van der Waals surface area contributed by atoms with Crippen molar-refractivity contribution in [3.05, 3.63) is 29.6 Å². The van der Waals surface area contributed by atoms with Gasteiger partial charge in [-0.2, -0.15) is 10.1 Å². The molecule has 0 amide bonds. The fraction of sp³-hybridized carbons (Fsp3) is 0.450. The molecule has 0 aromatic carbocycles. The third-order valence-corrected chi connectivity index (χ3v) is 5.47. The maximum absolute atomic E-state index is 12.8. The highest BCUT2D eigenvalue weighted by atomic mass is 32.2. The molecule has 3 aromatic rings. The van der Waals surface area contributed by atoms with Gasteiger partial charge in [0.2, 0.25) is 21.8 Å². The van der Waals surface area contributed by atoms with Crippen LogP contribution in [0.25, 0.3) is 11.0 Å². The number of hydrogen-bond donors (Lipinski definition) is 2. The van der Waals surface area contributed by atoms with E-state index in [2.05, 4.69) is 25.4 Å². The maximum atomic E-state index is 12.8. The molecule has 0 saturated carbocycles. The van der Waals surface area contributed by atoms with E-state index in [9.17, 15) is 13.2 Å². The summed E-state index contributed by atoms with van der Waals surface area (Å²) < 4.78 is 30.1. The van der Waals surface area contributed by atoms with E-state index < -0.39 is 21.6 Å². The highest BCUT2D eigenvalue weighted by Gasteiger charge is 2.26. The number of nitrogens with one attached hydrogen (secondary N) is 1. The number of fused-ring (bicyclic) bond motifs is 1. The van der Waals surface area contributed by atoms with Crippen LogP contribution in [0, 0.1) is 6.92 Å². The van der Waals surface area contributed by atoms with E-state index in [4.69, 9.17) is 9.88 Å². The molecule has 33 heavy (non-hydrogen) atoms. The Kier molecular flexibility index (Phi) is 7.56. The molecule has 0 aliphatic rings. The molecule has 0 spiro atoms. The third kappa shape index (κ3) is 6.00. The molecule has 3 heterocycles. The molecule has 0 aliphatic carbocycles. The van der Waals surface area contributed by atoms with E-state index >= 15 is 0 Å². The zero-order valence-corrected chi connectivity index (χ0v) is 19.9. The molecule has 13 heteroatoms. The van der Waals surface area contributed by atoms with Crippen LogP contribution in [-0.2, 0) is 21.3 Å². The highest BCUT2D eigenvalue weighted by molar-refractivity contribution is 7.89. The van der Waals surface area contributed by atoms with Crippen LogP contribution in [-0.4, -0.2) is 71.5 Å². The Hall–Kier alpha value is -3.16. The smallest absolute Gasteiger partial charge is 0.227 e. The van der Waals surface area contributed by atoms with Gasteiger partial charge in [0.1, 0.15) is 22.6 Å². The average molecular weight is 477 g/mol. The monoisotopic (exact) mass is 476 g/mol. The van der Waals surface area contributed by atoms with Gasteiger partial charge < -0.3 is 15.0 Å². The number of nitrogens with two attached hydrogens (primary N) is 1. The number of carbonyl (C=O) groups is 1. The topological polar surface area (TPSA) is 158 Å². The molecule has 3 N–H and O–H groups in total. The van der Waals surface area contributed by atoms with Crippen molar-refractivity contribution in [2.75, 3.05) is 42.8 Å². The summed E-state index contributed by atoms with van der Waals surface area (Å²) in [6, 6.07) is 3.72. The van der Waals surface area contributed by atoms with Gasteiger partial charge in [-0.05, 0) is 38.5 Å². The van der Waals surface area contributed by atoms with Crippen molar-refractivity contribution in [1.29, 1.82) is 0 Å². The molecule has 0 atom stereocenters. The van der Waals surface area contributed by atoms with Crippen LogP contribution in [0.3, 0.4) is 0 Å². The van der Waals surface area contributed by atoms with E-state index in [1.54, 1.807) is 18.1 Å². The summed E-state index contributed by atoms with van der Waals surface area (Å²) in [6.07, 6.45) is 1.67. The van der Waals surface area contributed by atoms with E-state index in [0.29, 0.717) is 49.4 Å². The summed E-state index contributed by atoms with van der Waals surface area (Å²) in [5.74, 6) is -0.354. The summed E-state index contributed by atoms with van der Waals surface area (Å²) in [5.41, 5.74) is 1.56. The van der Waals surface area contributed by atoms with Crippen LogP contribution < -0.4 is 15.4 Å². The number of aryl methyl sites for hydroxylation is 1. The van der Waals surface area contributed by atoms with Gasteiger partial charge in [-0.3, -0.25) is 9.48 Å². The van der Waals surface area contributed by atoms with Crippen LogP contribution in [0.4, 0.5) is 17.6 Å². The molecule has 178 valence electrons. The minimum absolute atomic E-state index is 0.0936. The predicted octanol–water partition coefficient (Wildman–Crippen LogP) is 1.24. The number of anilines is 3. The van der Waals surface area contributed by atoms with Crippen molar-refractivity contribution in [2.45, 2.75) is 27.3 Å². The van der Waals surface area contributed by atoms with Crippen molar-refractivity contribution >= 4 is 44.4 Å². The number of primary sulfonamides is 1. The van der Waals surface area contributed by atoms with Crippen LogP contribution in [0.15, 0.2) is 18.3 Å². The van der Waals surface area contributed by atoms with Crippen LogP contribution in [0.1, 0.15) is 29.9 Å². The first-order chi connectivity index (χ1) is 15.6. The van der Waals surface area contributed by atoms with Gasteiger partial charge in [0.15, 0.2) is 11.5 Å². The van der Waals surface area contributed by atoms with E-state index in [1.807, 2.05) is 32.9 Å². The highest BCUT2D eigenvalue weighted by Crippen LogP contribution is 2.28. The molecular formula is C20H28N8O4S.